The third-order valence-electron chi connectivity index (χ3n) is 6.11. The van der Waals surface area contributed by atoms with Gasteiger partial charge in [0.25, 0.3) is 5.91 Å². The zero-order valence-electron chi connectivity index (χ0n) is 18.6. The fourth-order valence-corrected chi connectivity index (χ4v) is 4.42. The maximum atomic E-state index is 14.7. The molecule has 3 heterocycles. The Kier molecular flexibility index (Phi) is 5.57. The lowest BCUT2D eigenvalue weighted by Crippen LogP contribution is -2.49. The van der Waals surface area contributed by atoms with E-state index in [1.807, 2.05) is 30.3 Å². The van der Waals surface area contributed by atoms with Gasteiger partial charge >= 0.3 is 0 Å². The van der Waals surface area contributed by atoms with E-state index >= 15 is 0 Å². The first-order valence-electron chi connectivity index (χ1n) is 10.9. The number of methoxy groups -OCH3 is 1. The number of fused-ring (bicyclic) bond motifs is 2. The summed E-state index contributed by atoms with van der Waals surface area (Å²) < 4.78 is 33.4. The Morgan fingerprint density at radius 3 is 2.53 bits per heavy atom. The van der Waals surface area contributed by atoms with Crippen molar-refractivity contribution in [2.45, 2.75) is 0 Å². The summed E-state index contributed by atoms with van der Waals surface area (Å²) in [5.74, 6) is -1.51. The van der Waals surface area contributed by atoms with E-state index in [1.54, 1.807) is 25.4 Å². The van der Waals surface area contributed by atoms with Crippen LogP contribution in [0.5, 0.6) is 5.88 Å². The molecule has 2 aromatic heterocycles. The number of hydrogen-bond donors (Lipinski definition) is 0. The summed E-state index contributed by atoms with van der Waals surface area (Å²) in [6.07, 6.45) is 1.72. The van der Waals surface area contributed by atoms with E-state index < -0.39 is 11.7 Å². The van der Waals surface area contributed by atoms with Crippen molar-refractivity contribution in [3.05, 3.63) is 73.0 Å². The van der Waals surface area contributed by atoms with Gasteiger partial charge in [-0.05, 0) is 23.1 Å². The molecular weight excluding hydrogens is 438 g/mol. The van der Waals surface area contributed by atoms with Gasteiger partial charge in [0, 0.05) is 49.4 Å². The lowest BCUT2D eigenvalue weighted by molar-refractivity contribution is -0.128. The van der Waals surface area contributed by atoms with Gasteiger partial charge in [-0.1, -0.05) is 36.9 Å². The van der Waals surface area contributed by atoms with E-state index in [0.717, 1.165) is 22.2 Å². The van der Waals surface area contributed by atoms with Crippen LogP contribution in [0.1, 0.15) is 0 Å². The maximum absolute atomic E-state index is 14.7. The Hall–Kier alpha value is -4.07. The fraction of sp³-hybridized carbons (Fsp3) is 0.192. The molecule has 0 saturated carbocycles. The molecule has 5 rings (SSSR count). The molecule has 1 saturated heterocycles. The summed E-state index contributed by atoms with van der Waals surface area (Å²) in [7, 11) is 1.54. The number of aromatic nitrogens is 2. The highest BCUT2D eigenvalue weighted by molar-refractivity contribution is 5.99. The molecule has 0 aliphatic carbocycles. The minimum absolute atomic E-state index is 0.295. The highest BCUT2D eigenvalue weighted by atomic mass is 19.1. The molecule has 34 heavy (non-hydrogen) atoms. The molecule has 6 nitrogen and oxygen atoms in total. The molecule has 0 atom stereocenters. The number of rotatable bonds is 4. The minimum atomic E-state index is -0.955. The van der Waals surface area contributed by atoms with Crippen LogP contribution in [-0.2, 0) is 4.79 Å². The predicted molar refractivity (Wildman–Crippen MR) is 128 cm³/mol. The van der Waals surface area contributed by atoms with Crippen molar-refractivity contribution in [3.8, 4) is 17.0 Å². The number of pyridine rings is 2. The quantitative estimate of drug-likeness (QED) is 0.412. The topological polar surface area (TPSA) is 58.6 Å². The number of anilines is 1. The smallest absolute Gasteiger partial charge is 0.282 e. The number of carbonyl (C=O) groups is 1. The molecule has 8 heteroatoms. The van der Waals surface area contributed by atoms with Crippen molar-refractivity contribution in [1.29, 1.82) is 0 Å². The third kappa shape index (κ3) is 3.81. The van der Waals surface area contributed by atoms with Crippen LogP contribution in [0.4, 0.5) is 14.5 Å². The number of ether oxygens (including phenoxy) is 1. The summed E-state index contributed by atoms with van der Waals surface area (Å²) in [6.45, 7) is 4.82. The Morgan fingerprint density at radius 2 is 1.82 bits per heavy atom. The lowest BCUT2D eigenvalue weighted by atomic mass is 9.98. The molecule has 172 valence electrons. The molecular formula is C26H22F2N4O2. The second-order valence-corrected chi connectivity index (χ2v) is 8.10. The van der Waals surface area contributed by atoms with Gasteiger partial charge in [0.2, 0.25) is 5.88 Å². The number of benzene rings is 2. The van der Waals surface area contributed by atoms with Crippen molar-refractivity contribution in [2.75, 3.05) is 38.2 Å². The third-order valence-corrected chi connectivity index (χ3v) is 6.11. The summed E-state index contributed by atoms with van der Waals surface area (Å²) in [4.78, 5) is 24.7. The van der Waals surface area contributed by atoms with E-state index in [1.165, 1.54) is 11.0 Å². The molecule has 0 bridgehead atoms. The van der Waals surface area contributed by atoms with Gasteiger partial charge in [-0.3, -0.25) is 9.78 Å². The number of nitrogens with zero attached hydrogens (tertiary/aromatic N) is 4. The normalized spacial score (nSPS) is 14.0. The lowest BCUT2D eigenvalue weighted by Gasteiger charge is -2.36. The van der Waals surface area contributed by atoms with Crippen LogP contribution in [0.25, 0.3) is 32.9 Å². The standard InChI is InChI=1S/C26H22F2N4O2/c1-16(27)26(33)32-11-9-31(10-12-32)22-14-23(34-2)30-21-13-18(15-29-25(21)22)19-7-3-5-17-6-4-8-20(28)24(17)19/h3-8,13-15H,1,9-12H2,2H3. The zero-order valence-corrected chi connectivity index (χ0v) is 18.6. The maximum Gasteiger partial charge on any atom is 0.282 e. The first-order valence-corrected chi connectivity index (χ1v) is 10.9. The average Bonchev–Trinajstić information content (AvgIpc) is 2.87. The first-order chi connectivity index (χ1) is 16.5. The van der Waals surface area contributed by atoms with Crippen LogP contribution in [0.3, 0.4) is 0 Å². The second-order valence-electron chi connectivity index (χ2n) is 8.10. The Morgan fingerprint density at radius 1 is 1.09 bits per heavy atom. The van der Waals surface area contributed by atoms with Gasteiger partial charge in [-0.15, -0.1) is 0 Å². The molecule has 0 spiro atoms. The Labute approximate surface area is 195 Å². The van der Waals surface area contributed by atoms with Gasteiger partial charge in [0.05, 0.1) is 18.3 Å². The number of piperazine rings is 1. The minimum Gasteiger partial charge on any atom is -0.481 e. The molecule has 4 aromatic rings. The van der Waals surface area contributed by atoms with E-state index in [4.69, 9.17) is 9.72 Å². The molecule has 1 aliphatic heterocycles. The molecule has 1 aliphatic rings. The van der Waals surface area contributed by atoms with Crippen molar-refractivity contribution in [1.82, 2.24) is 14.9 Å². The van der Waals surface area contributed by atoms with Crippen LogP contribution in [0.15, 0.2) is 67.1 Å². The summed E-state index contributed by atoms with van der Waals surface area (Å²) in [6, 6.07) is 14.3. The highest BCUT2D eigenvalue weighted by Gasteiger charge is 2.25. The van der Waals surface area contributed by atoms with Gasteiger partial charge in [0.15, 0.2) is 5.83 Å². The largest absolute Gasteiger partial charge is 0.481 e. The predicted octanol–water partition coefficient (Wildman–Crippen LogP) is 4.73. The van der Waals surface area contributed by atoms with E-state index in [9.17, 15) is 13.6 Å². The van der Waals surface area contributed by atoms with Gasteiger partial charge in [0.1, 0.15) is 11.3 Å². The average molecular weight is 460 g/mol. The molecule has 0 N–H and O–H groups in total. The van der Waals surface area contributed by atoms with E-state index in [2.05, 4.69) is 16.5 Å². The van der Waals surface area contributed by atoms with Crippen LogP contribution in [0.2, 0.25) is 0 Å². The van der Waals surface area contributed by atoms with Gasteiger partial charge in [-0.25, -0.2) is 13.8 Å². The first kappa shape index (κ1) is 21.8. The monoisotopic (exact) mass is 460 g/mol. The van der Waals surface area contributed by atoms with E-state index in [0.29, 0.717) is 48.5 Å². The van der Waals surface area contributed by atoms with Crippen LogP contribution in [0, 0.1) is 5.82 Å². The van der Waals surface area contributed by atoms with Crippen LogP contribution in [-0.4, -0.2) is 54.1 Å². The summed E-state index contributed by atoms with van der Waals surface area (Å²) in [5.41, 5.74) is 3.56. The molecule has 2 aromatic carbocycles. The van der Waals surface area contributed by atoms with Crippen molar-refractivity contribution < 1.29 is 18.3 Å². The Balaban J connectivity index is 1.55. The summed E-state index contributed by atoms with van der Waals surface area (Å²) >= 11 is 0. The van der Waals surface area contributed by atoms with Gasteiger partial charge in [-0.2, -0.15) is 0 Å². The van der Waals surface area contributed by atoms with Crippen LogP contribution < -0.4 is 9.64 Å². The highest BCUT2D eigenvalue weighted by Crippen LogP contribution is 2.34. The Bertz CT molecular complexity index is 1430. The molecule has 0 radical (unpaired) electrons. The molecule has 1 amide bonds. The number of hydrogen-bond acceptors (Lipinski definition) is 5. The number of halogens is 2. The van der Waals surface area contributed by atoms with Gasteiger partial charge < -0.3 is 14.5 Å². The molecule has 1 fully saturated rings. The SMILES string of the molecule is C=C(F)C(=O)N1CCN(c2cc(OC)nc3cc(-c4cccc5cccc(F)c45)cnc23)CC1. The fourth-order valence-electron chi connectivity index (χ4n) is 4.42. The van der Waals surface area contributed by atoms with Crippen molar-refractivity contribution >= 4 is 33.4 Å². The second kappa shape index (κ2) is 8.70. The molecule has 0 unspecified atom stereocenters. The zero-order chi connectivity index (χ0) is 23.8. The van der Waals surface area contributed by atoms with Crippen molar-refractivity contribution in [3.63, 3.8) is 0 Å². The van der Waals surface area contributed by atoms with E-state index in [-0.39, 0.29) is 5.82 Å². The number of carbonyl (C=O) groups excluding carboxylic acids is 1. The van der Waals surface area contributed by atoms with Crippen LogP contribution >= 0.6 is 0 Å². The summed E-state index contributed by atoms with van der Waals surface area (Å²) in [5, 5.41) is 1.34. The number of amides is 1. The van der Waals surface area contributed by atoms with Crippen molar-refractivity contribution in [2.24, 2.45) is 0 Å².